The molecule has 0 bridgehead atoms. The molecule has 4 heteroatoms. The molecular formula is C14H20N4. The Morgan fingerprint density at radius 1 is 1.50 bits per heavy atom. The number of hydrogen-bond donors (Lipinski definition) is 1. The Kier molecular flexibility index (Phi) is 3.83. The predicted molar refractivity (Wildman–Crippen MR) is 72.3 cm³/mol. The van der Waals surface area contributed by atoms with Crippen molar-refractivity contribution in [3.63, 3.8) is 0 Å². The summed E-state index contributed by atoms with van der Waals surface area (Å²) in [6.45, 7) is 4.77. The van der Waals surface area contributed by atoms with Gasteiger partial charge in [0.05, 0.1) is 11.6 Å². The molecule has 4 nitrogen and oxygen atoms in total. The van der Waals surface area contributed by atoms with Gasteiger partial charge in [0.25, 0.3) is 0 Å². The van der Waals surface area contributed by atoms with Crippen LogP contribution >= 0.6 is 0 Å². The van der Waals surface area contributed by atoms with Gasteiger partial charge in [0.1, 0.15) is 5.82 Å². The summed E-state index contributed by atoms with van der Waals surface area (Å²) >= 11 is 0. The van der Waals surface area contributed by atoms with Crippen LogP contribution in [0, 0.1) is 18.3 Å². The van der Waals surface area contributed by atoms with Crippen molar-refractivity contribution in [3.8, 4) is 6.07 Å². The van der Waals surface area contributed by atoms with E-state index in [1.165, 1.54) is 6.42 Å². The van der Waals surface area contributed by atoms with Crippen molar-refractivity contribution in [2.24, 2.45) is 5.73 Å². The van der Waals surface area contributed by atoms with E-state index in [4.69, 9.17) is 11.0 Å². The first-order valence-electron chi connectivity index (χ1n) is 6.53. The number of aromatic nitrogens is 1. The third kappa shape index (κ3) is 2.46. The second kappa shape index (κ2) is 5.36. The van der Waals surface area contributed by atoms with Crippen LogP contribution in [0.15, 0.2) is 12.1 Å². The molecular weight excluding hydrogens is 224 g/mol. The second-order valence-electron chi connectivity index (χ2n) is 5.04. The Morgan fingerprint density at radius 2 is 2.28 bits per heavy atom. The minimum Gasteiger partial charge on any atom is -0.350 e. The summed E-state index contributed by atoms with van der Waals surface area (Å²) in [7, 11) is 0. The van der Waals surface area contributed by atoms with Gasteiger partial charge in [-0.25, -0.2) is 4.98 Å². The highest BCUT2D eigenvalue weighted by Gasteiger charge is 2.28. The van der Waals surface area contributed by atoms with Crippen LogP contribution in [0.3, 0.4) is 0 Å². The molecule has 2 rings (SSSR count). The number of pyridine rings is 1. The van der Waals surface area contributed by atoms with Crippen molar-refractivity contribution in [1.29, 1.82) is 5.26 Å². The number of rotatable bonds is 2. The normalized spacial score (nSPS) is 23.8. The molecule has 0 aliphatic carbocycles. The van der Waals surface area contributed by atoms with E-state index in [9.17, 15) is 0 Å². The number of hydrogen-bond acceptors (Lipinski definition) is 4. The van der Waals surface area contributed by atoms with Crippen LogP contribution in [0.4, 0.5) is 5.82 Å². The molecule has 2 unspecified atom stereocenters. The van der Waals surface area contributed by atoms with Crippen molar-refractivity contribution in [2.75, 3.05) is 11.4 Å². The summed E-state index contributed by atoms with van der Waals surface area (Å²) in [5, 5.41) is 9.05. The fourth-order valence-corrected chi connectivity index (χ4v) is 2.78. The maximum atomic E-state index is 9.05. The lowest BCUT2D eigenvalue weighted by molar-refractivity contribution is 0.397. The maximum absolute atomic E-state index is 9.05. The highest BCUT2D eigenvalue weighted by Crippen LogP contribution is 2.28. The lowest BCUT2D eigenvalue weighted by atomic mass is 9.96. The molecule has 18 heavy (non-hydrogen) atoms. The number of piperidine rings is 1. The van der Waals surface area contributed by atoms with Gasteiger partial charge in [-0.05, 0) is 45.2 Å². The molecule has 2 N–H and O–H groups in total. The quantitative estimate of drug-likeness (QED) is 0.863. The molecule has 1 aromatic rings. The number of anilines is 1. The Bertz CT molecular complexity index is 463. The lowest BCUT2D eigenvalue weighted by Crippen LogP contribution is -2.49. The van der Waals surface area contributed by atoms with E-state index < -0.39 is 0 Å². The van der Waals surface area contributed by atoms with E-state index in [-0.39, 0.29) is 0 Å². The summed E-state index contributed by atoms with van der Waals surface area (Å²) in [4.78, 5) is 6.86. The van der Waals surface area contributed by atoms with Gasteiger partial charge in [-0.1, -0.05) is 0 Å². The van der Waals surface area contributed by atoms with Gasteiger partial charge >= 0.3 is 0 Å². The van der Waals surface area contributed by atoms with Gasteiger partial charge in [0, 0.05) is 24.3 Å². The van der Waals surface area contributed by atoms with E-state index >= 15 is 0 Å². The number of nitriles is 1. The van der Waals surface area contributed by atoms with Crippen molar-refractivity contribution >= 4 is 5.82 Å². The molecule has 1 saturated heterocycles. The molecule has 1 aliphatic rings. The van der Waals surface area contributed by atoms with E-state index in [2.05, 4.69) is 22.9 Å². The van der Waals surface area contributed by atoms with E-state index in [1.807, 2.05) is 19.1 Å². The zero-order valence-corrected chi connectivity index (χ0v) is 11.1. The molecule has 0 saturated carbocycles. The Labute approximate surface area is 108 Å². The topological polar surface area (TPSA) is 65.9 Å². The molecule has 0 aromatic carbocycles. The molecule has 96 valence electrons. The molecule has 1 aromatic heterocycles. The van der Waals surface area contributed by atoms with Crippen molar-refractivity contribution in [2.45, 2.75) is 45.2 Å². The van der Waals surface area contributed by atoms with Crippen LogP contribution in [0.5, 0.6) is 0 Å². The first kappa shape index (κ1) is 12.8. The minimum absolute atomic E-state index is 0.342. The molecule has 0 spiro atoms. The van der Waals surface area contributed by atoms with Gasteiger partial charge in [0.2, 0.25) is 0 Å². The number of nitrogens with zero attached hydrogens (tertiary/aromatic N) is 3. The third-order valence-corrected chi connectivity index (χ3v) is 3.63. The van der Waals surface area contributed by atoms with Crippen LogP contribution in [0.2, 0.25) is 0 Å². The fourth-order valence-electron chi connectivity index (χ4n) is 2.78. The minimum atomic E-state index is 0.342. The van der Waals surface area contributed by atoms with Gasteiger partial charge in [-0.15, -0.1) is 0 Å². The van der Waals surface area contributed by atoms with Gasteiger partial charge in [-0.2, -0.15) is 5.26 Å². The average molecular weight is 244 g/mol. The van der Waals surface area contributed by atoms with Gasteiger partial charge in [-0.3, -0.25) is 0 Å². The Morgan fingerprint density at radius 3 is 2.94 bits per heavy atom. The summed E-state index contributed by atoms with van der Waals surface area (Å²) in [6.07, 6.45) is 3.49. The van der Waals surface area contributed by atoms with Crippen molar-refractivity contribution < 1.29 is 0 Å². The predicted octanol–water partition coefficient (Wildman–Crippen LogP) is 1.97. The van der Waals surface area contributed by atoms with Crippen LogP contribution in [0.1, 0.15) is 37.4 Å². The van der Waals surface area contributed by atoms with Crippen LogP contribution in [-0.2, 0) is 0 Å². The molecule has 0 amide bonds. The number of nitrogens with two attached hydrogens (primary N) is 1. The zero-order valence-electron chi connectivity index (χ0n) is 11.1. The van der Waals surface area contributed by atoms with Crippen LogP contribution in [0.25, 0.3) is 0 Å². The summed E-state index contributed by atoms with van der Waals surface area (Å²) < 4.78 is 0. The highest BCUT2D eigenvalue weighted by atomic mass is 15.2. The van der Waals surface area contributed by atoms with E-state index in [0.29, 0.717) is 24.2 Å². The number of aryl methyl sites for hydroxylation is 1. The van der Waals surface area contributed by atoms with Gasteiger partial charge < -0.3 is 10.6 Å². The summed E-state index contributed by atoms with van der Waals surface area (Å²) in [6, 6.07) is 6.66. The average Bonchev–Trinajstić information content (AvgIpc) is 2.37. The summed E-state index contributed by atoms with van der Waals surface area (Å²) in [5.41, 5.74) is 7.43. The van der Waals surface area contributed by atoms with Crippen LogP contribution < -0.4 is 10.6 Å². The first-order valence-corrected chi connectivity index (χ1v) is 6.53. The second-order valence-corrected chi connectivity index (χ2v) is 5.04. The molecule has 2 atom stereocenters. The van der Waals surface area contributed by atoms with E-state index in [0.717, 1.165) is 24.4 Å². The van der Waals surface area contributed by atoms with Crippen molar-refractivity contribution in [3.05, 3.63) is 23.4 Å². The maximum Gasteiger partial charge on any atom is 0.130 e. The molecule has 1 fully saturated rings. The monoisotopic (exact) mass is 244 g/mol. The van der Waals surface area contributed by atoms with Crippen LogP contribution in [-0.4, -0.2) is 23.6 Å². The Balaban J connectivity index is 2.38. The summed E-state index contributed by atoms with van der Waals surface area (Å²) in [5.74, 6) is 0.897. The van der Waals surface area contributed by atoms with E-state index in [1.54, 1.807) is 0 Å². The van der Waals surface area contributed by atoms with Crippen molar-refractivity contribution in [1.82, 2.24) is 4.98 Å². The molecule has 2 heterocycles. The fraction of sp³-hybridized carbons (Fsp3) is 0.571. The first-order chi connectivity index (χ1) is 8.65. The lowest BCUT2D eigenvalue weighted by Gasteiger charge is -2.41. The largest absolute Gasteiger partial charge is 0.350 e. The molecule has 1 aliphatic heterocycles. The molecule has 0 radical (unpaired) electrons. The zero-order chi connectivity index (χ0) is 13.1. The SMILES string of the molecule is Cc1cc(C#N)cc(N2C(C)CCCC2CN)n1. The Hall–Kier alpha value is -1.60. The smallest absolute Gasteiger partial charge is 0.130 e. The standard InChI is InChI=1S/C14H20N4/c1-10-6-12(8-15)7-14(17-10)18-11(2)4-3-5-13(18)9-16/h6-7,11,13H,3-5,9,16H2,1-2H3. The van der Waals surface area contributed by atoms with Gasteiger partial charge in [0.15, 0.2) is 0 Å². The highest BCUT2D eigenvalue weighted by molar-refractivity contribution is 5.48. The third-order valence-electron chi connectivity index (χ3n) is 3.63.